The normalized spacial score (nSPS) is 22.2. The number of aromatic nitrogens is 3. The molecule has 1 saturated carbocycles. The lowest BCUT2D eigenvalue weighted by atomic mass is 9.75. The van der Waals surface area contributed by atoms with E-state index >= 15 is 0 Å². The fourth-order valence-corrected chi connectivity index (χ4v) is 4.35. The van der Waals surface area contributed by atoms with Crippen LogP contribution < -0.4 is 4.74 Å². The van der Waals surface area contributed by atoms with Crippen molar-refractivity contribution in [1.29, 1.82) is 0 Å². The molecule has 0 amide bonds. The molecule has 6 nitrogen and oxygen atoms in total. The van der Waals surface area contributed by atoms with E-state index in [1.165, 1.54) is 18.2 Å². The van der Waals surface area contributed by atoms with E-state index in [0.717, 1.165) is 24.2 Å². The summed E-state index contributed by atoms with van der Waals surface area (Å²) >= 11 is 1.30. The predicted octanol–water partition coefficient (Wildman–Crippen LogP) is 4.58. The summed E-state index contributed by atoms with van der Waals surface area (Å²) in [5.41, 5.74) is 0.915. The molecule has 3 unspecified atom stereocenters. The summed E-state index contributed by atoms with van der Waals surface area (Å²) in [6.07, 6.45) is 3.34. The minimum absolute atomic E-state index is 0.0267. The van der Waals surface area contributed by atoms with Crippen LogP contribution in [-0.4, -0.2) is 40.1 Å². The fourth-order valence-electron chi connectivity index (χ4n) is 3.77. The third-order valence-corrected chi connectivity index (χ3v) is 6.21. The average molecular weight is 404 g/mol. The number of methoxy groups -OCH3 is 1. The van der Waals surface area contributed by atoms with Gasteiger partial charge in [-0.2, -0.15) is 0 Å². The Hall–Kier alpha value is -2.02. The lowest BCUT2D eigenvalue weighted by Gasteiger charge is -2.36. The first-order chi connectivity index (χ1) is 13.5. The van der Waals surface area contributed by atoms with Crippen LogP contribution in [0.5, 0.6) is 5.75 Å². The minimum atomic E-state index is -0.189. The van der Waals surface area contributed by atoms with Crippen molar-refractivity contribution in [3.05, 3.63) is 24.3 Å². The lowest BCUT2D eigenvalue weighted by Crippen LogP contribution is -2.36. The van der Waals surface area contributed by atoms with Crippen LogP contribution in [0.15, 0.2) is 29.4 Å². The van der Waals surface area contributed by atoms with E-state index in [1.807, 2.05) is 24.3 Å². The topological polar surface area (TPSA) is 77.1 Å². The number of hydrogen-bond acceptors (Lipinski definition) is 6. The molecule has 28 heavy (non-hydrogen) atoms. The molecule has 1 N–H and O–H groups in total. The van der Waals surface area contributed by atoms with Crippen molar-refractivity contribution in [1.82, 2.24) is 15.2 Å². The summed E-state index contributed by atoms with van der Waals surface area (Å²) < 4.78 is 11.0. The smallest absolute Gasteiger partial charge is 0.316 e. The number of ether oxygens (including phenoxy) is 2. The number of hydrogen-bond donors (Lipinski definition) is 1. The molecule has 3 atom stereocenters. The number of carbonyl (C=O) groups is 1. The average Bonchev–Trinajstić information content (AvgIpc) is 3.15. The molecule has 1 aliphatic carbocycles. The summed E-state index contributed by atoms with van der Waals surface area (Å²) in [4.78, 5) is 16.8. The van der Waals surface area contributed by atoms with Crippen molar-refractivity contribution in [2.45, 2.75) is 51.3 Å². The molecule has 1 aromatic carbocycles. The molecule has 1 fully saturated rings. The maximum absolute atomic E-state index is 12.4. The van der Waals surface area contributed by atoms with Crippen molar-refractivity contribution < 1.29 is 14.3 Å². The second-order valence-corrected chi connectivity index (χ2v) is 8.78. The van der Waals surface area contributed by atoms with Gasteiger partial charge in [-0.1, -0.05) is 39.0 Å². The van der Waals surface area contributed by atoms with Gasteiger partial charge in [0.2, 0.25) is 5.16 Å². The summed E-state index contributed by atoms with van der Waals surface area (Å²) in [6, 6.07) is 7.58. The molecule has 152 valence electrons. The van der Waals surface area contributed by atoms with Gasteiger partial charge in [0.1, 0.15) is 11.9 Å². The molecule has 7 heteroatoms. The van der Waals surface area contributed by atoms with E-state index in [0.29, 0.717) is 28.7 Å². The Morgan fingerprint density at radius 3 is 2.71 bits per heavy atom. The van der Waals surface area contributed by atoms with Gasteiger partial charge in [0, 0.05) is 5.56 Å². The Labute approximate surface area is 170 Å². The van der Waals surface area contributed by atoms with Gasteiger partial charge >= 0.3 is 5.97 Å². The lowest BCUT2D eigenvalue weighted by molar-refractivity contribution is -0.152. The zero-order valence-electron chi connectivity index (χ0n) is 17.0. The number of nitrogens with zero attached hydrogens (tertiary/aromatic N) is 2. The number of esters is 1. The molecule has 0 aliphatic heterocycles. The molecule has 1 aliphatic rings. The maximum Gasteiger partial charge on any atom is 0.316 e. The molecular weight excluding hydrogens is 374 g/mol. The van der Waals surface area contributed by atoms with Crippen molar-refractivity contribution in [2.24, 2.45) is 17.8 Å². The van der Waals surface area contributed by atoms with E-state index in [1.54, 1.807) is 7.11 Å². The van der Waals surface area contributed by atoms with Gasteiger partial charge in [-0.25, -0.2) is 4.98 Å². The van der Waals surface area contributed by atoms with Gasteiger partial charge in [0.25, 0.3) is 0 Å². The van der Waals surface area contributed by atoms with Crippen LogP contribution >= 0.6 is 11.8 Å². The number of carbonyl (C=O) groups excluding carboxylic acids is 1. The number of nitrogens with one attached hydrogen (secondary N) is 1. The van der Waals surface area contributed by atoms with Gasteiger partial charge in [-0.3, -0.25) is 9.89 Å². The minimum Gasteiger partial charge on any atom is -0.497 e. The zero-order valence-corrected chi connectivity index (χ0v) is 17.8. The molecule has 0 saturated heterocycles. The molecule has 1 heterocycles. The fraction of sp³-hybridized carbons (Fsp3) is 0.571. The largest absolute Gasteiger partial charge is 0.497 e. The molecule has 3 rings (SSSR count). The van der Waals surface area contributed by atoms with Crippen LogP contribution in [0.4, 0.5) is 0 Å². The van der Waals surface area contributed by atoms with Gasteiger partial charge in [-0.05, 0) is 54.9 Å². The van der Waals surface area contributed by atoms with Crippen LogP contribution in [0.3, 0.4) is 0 Å². The van der Waals surface area contributed by atoms with Crippen LogP contribution in [-0.2, 0) is 9.53 Å². The summed E-state index contributed by atoms with van der Waals surface area (Å²) in [5, 5.41) is 7.66. The quantitative estimate of drug-likeness (QED) is 0.539. The standard InChI is InChI=1S/C21H29N3O3S/c1-13(2)17-10-5-14(3)11-18(17)27-19(25)12-28-21-22-20(23-24-21)15-6-8-16(26-4)9-7-15/h6-9,13-14,17-18H,5,10-12H2,1-4H3,(H,22,23,24). The zero-order chi connectivity index (χ0) is 20.1. The number of benzene rings is 1. The Morgan fingerprint density at radius 1 is 1.29 bits per heavy atom. The third-order valence-electron chi connectivity index (χ3n) is 5.39. The Kier molecular flexibility index (Phi) is 6.99. The third kappa shape index (κ3) is 5.28. The SMILES string of the molecule is COc1ccc(-c2nc(SCC(=O)OC3CC(C)CCC3C(C)C)n[nH]2)cc1. The van der Waals surface area contributed by atoms with Crippen molar-refractivity contribution in [3.63, 3.8) is 0 Å². The first-order valence-electron chi connectivity index (χ1n) is 9.85. The molecular formula is C21H29N3O3S. The Morgan fingerprint density at radius 2 is 2.04 bits per heavy atom. The van der Waals surface area contributed by atoms with Gasteiger partial charge in [0.15, 0.2) is 5.82 Å². The van der Waals surface area contributed by atoms with Crippen molar-refractivity contribution >= 4 is 17.7 Å². The highest BCUT2D eigenvalue weighted by atomic mass is 32.2. The van der Waals surface area contributed by atoms with Crippen LogP contribution in [0.1, 0.15) is 40.0 Å². The molecule has 0 spiro atoms. The van der Waals surface area contributed by atoms with E-state index in [-0.39, 0.29) is 17.8 Å². The summed E-state index contributed by atoms with van der Waals surface area (Å²) in [5.74, 6) is 3.08. The van der Waals surface area contributed by atoms with E-state index in [4.69, 9.17) is 9.47 Å². The maximum atomic E-state index is 12.4. The highest BCUT2D eigenvalue weighted by Crippen LogP contribution is 2.35. The van der Waals surface area contributed by atoms with Gasteiger partial charge in [0.05, 0.1) is 12.9 Å². The highest BCUT2D eigenvalue weighted by Gasteiger charge is 2.33. The van der Waals surface area contributed by atoms with Crippen molar-refractivity contribution in [3.8, 4) is 17.1 Å². The second kappa shape index (κ2) is 9.45. The number of rotatable bonds is 7. The Bertz CT molecular complexity index is 775. The van der Waals surface area contributed by atoms with Crippen LogP contribution in [0, 0.1) is 17.8 Å². The molecule has 0 radical (unpaired) electrons. The van der Waals surface area contributed by atoms with Crippen LogP contribution in [0.25, 0.3) is 11.4 Å². The summed E-state index contributed by atoms with van der Waals surface area (Å²) in [6.45, 7) is 6.66. The molecule has 1 aromatic heterocycles. The Balaban J connectivity index is 1.53. The summed E-state index contributed by atoms with van der Waals surface area (Å²) in [7, 11) is 1.63. The van der Waals surface area contributed by atoms with Crippen LogP contribution in [0.2, 0.25) is 0 Å². The number of aromatic amines is 1. The number of H-pyrrole nitrogens is 1. The molecule has 0 bridgehead atoms. The predicted molar refractivity (Wildman–Crippen MR) is 110 cm³/mol. The molecule has 2 aromatic rings. The number of thioether (sulfide) groups is 1. The highest BCUT2D eigenvalue weighted by molar-refractivity contribution is 7.99. The first-order valence-corrected chi connectivity index (χ1v) is 10.8. The van der Waals surface area contributed by atoms with Gasteiger partial charge < -0.3 is 9.47 Å². The van der Waals surface area contributed by atoms with E-state index in [2.05, 4.69) is 36.0 Å². The van der Waals surface area contributed by atoms with Crippen molar-refractivity contribution in [2.75, 3.05) is 12.9 Å². The first kappa shape index (κ1) is 20.7. The van der Waals surface area contributed by atoms with Gasteiger partial charge in [-0.15, -0.1) is 5.10 Å². The van der Waals surface area contributed by atoms with E-state index in [9.17, 15) is 4.79 Å². The second-order valence-electron chi connectivity index (χ2n) is 7.84. The van der Waals surface area contributed by atoms with E-state index < -0.39 is 0 Å². The monoisotopic (exact) mass is 403 g/mol.